The van der Waals surface area contributed by atoms with Crippen molar-refractivity contribution in [3.05, 3.63) is 59.2 Å². The van der Waals surface area contributed by atoms with Gasteiger partial charge in [0.15, 0.2) is 0 Å². The van der Waals surface area contributed by atoms with E-state index in [4.69, 9.17) is 4.74 Å². The normalized spacial score (nSPS) is 14.8. The number of benzene rings is 2. The second kappa shape index (κ2) is 7.30. The van der Waals surface area contributed by atoms with Gasteiger partial charge in [-0.15, -0.1) is 0 Å². The van der Waals surface area contributed by atoms with E-state index in [1.165, 1.54) is 18.2 Å². The highest BCUT2D eigenvalue weighted by Gasteiger charge is 2.59. The van der Waals surface area contributed by atoms with Crippen LogP contribution >= 0.6 is 0 Å². The first-order chi connectivity index (χ1) is 13.5. The molecule has 2 aromatic rings. The second-order valence-electron chi connectivity index (χ2n) is 5.99. The van der Waals surface area contributed by atoms with E-state index >= 15 is 0 Å². The maximum atomic E-state index is 13.3. The number of esters is 1. The summed E-state index contributed by atoms with van der Waals surface area (Å²) in [6.45, 7) is 0.0611. The predicted molar refractivity (Wildman–Crippen MR) is 86.5 cm³/mol. The second-order valence-corrected chi connectivity index (χ2v) is 5.99. The molecule has 1 aliphatic rings. The summed E-state index contributed by atoms with van der Waals surface area (Å²) in [6.07, 6.45) is -15.4. The van der Waals surface area contributed by atoms with Crippen LogP contribution in [0, 0.1) is 0 Å². The first kappa shape index (κ1) is 20.5. The van der Waals surface area contributed by atoms with E-state index in [9.17, 15) is 35.9 Å². The molecule has 11 heteroatoms. The molecule has 1 N–H and O–H groups in total. The molecule has 0 spiro atoms. The number of cyclic esters (lactones) is 1. The quantitative estimate of drug-likeness (QED) is 0.574. The lowest BCUT2D eigenvalue weighted by molar-refractivity contribution is -0.304. The van der Waals surface area contributed by atoms with Crippen LogP contribution in [-0.2, 0) is 11.3 Å². The van der Waals surface area contributed by atoms with Crippen molar-refractivity contribution in [3.8, 4) is 5.75 Å². The molecule has 5 nitrogen and oxygen atoms in total. The number of anilines is 1. The Labute approximate surface area is 159 Å². The summed E-state index contributed by atoms with van der Waals surface area (Å²) in [6, 6.07) is 8.09. The minimum Gasteiger partial charge on any atom is -0.457 e. The van der Waals surface area contributed by atoms with E-state index in [1.807, 2.05) is 0 Å². The molecule has 1 atom stereocenters. The number of fused-ring (bicyclic) bond motifs is 1. The van der Waals surface area contributed by atoms with Crippen LogP contribution in [0.3, 0.4) is 0 Å². The maximum absolute atomic E-state index is 13.3. The van der Waals surface area contributed by atoms with Crippen molar-refractivity contribution >= 4 is 17.6 Å². The molecule has 3 rings (SSSR count). The molecule has 1 heterocycles. The van der Waals surface area contributed by atoms with Crippen molar-refractivity contribution in [2.24, 2.45) is 0 Å². The zero-order valence-corrected chi connectivity index (χ0v) is 14.2. The van der Waals surface area contributed by atoms with Crippen LogP contribution in [0.2, 0.25) is 0 Å². The molecule has 0 aromatic heterocycles. The fourth-order valence-electron chi connectivity index (χ4n) is 2.49. The van der Waals surface area contributed by atoms with Gasteiger partial charge in [-0.3, -0.25) is 4.79 Å². The number of hydrogen-bond donors (Lipinski definition) is 1. The largest absolute Gasteiger partial charge is 0.457 e. The first-order valence-electron chi connectivity index (χ1n) is 7.96. The fraction of sp³-hybridized carbons (Fsp3) is 0.222. The van der Waals surface area contributed by atoms with Crippen LogP contribution in [0.15, 0.2) is 42.5 Å². The minimum atomic E-state index is -5.80. The Morgan fingerprint density at radius 2 is 1.72 bits per heavy atom. The summed E-state index contributed by atoms with van der Waals surface area (Å²) in [5.74, 6) is -1.90. The Morgan fingerprint density at radius 1 is 1.07 bits per heavy atom. The van der Waals surface area contributed by atoms with Crippen LogP contribution in [0.1, 0.15) is 26.3 Å². The van der Waals surface area contributed by atoms with E-state index in [0.29, 0.717) is 16.8 Å². The zero-order chi connectivity index (χ0) is 21.4. The van der Waals surface area contributed by atoms with E-state index in [1.54, 1.807) is 0 Å². The topological polar surface area (TPSA) is 64.6 Å². The number of rotatable bonds is 5. The molecule has 0 saturated heterocycles. The van der Waals surface area contributed by atoms with E-state index in [0.717, 1.165) is 24.3 Å². The Balaban J connectivity index is 1.67. The van der Waals surface area contributed by atoms with Crippen molar-refractivity contribution in [1.29, 1.82) is 0 Å². The summed E-state index contributed by atoms with van der Waals surface area (Å²) in [5.41, 5.74) is 1.25. The number of halogens is 6. The van der Waals surface area contributed by atoms with Crippen LogP contribution in [-0.4, -0.2) is 30.3 Å². The van der Waals surface area contributed by atoms with Gasteiger partial charge in [0.2, 0.25) is 0 Å². The third kappa shape index (κ3) is 4.44. The number of hydrogen-bond acceptors (Lipinski definition) is 4. The van der Waals surface area contributed by atoms with Crippen molar-refractivity contribution in [2.45, 2.75) is 25.1 Å². The molecular formula is C18H11F6NO4. The Kier molecular flexibility index (Phi) is 5.16. The molecule has 0 saturated carbocycles. The van der Waals surface area contributed by atoms with Gasteiger partial charge in [-0.1, -0.05) is 0 Å². The van der Waals surface area contributed by atoms with Crippen molar-refractivity contribution in [1.82, 2.24) is 0 Å². The third-order valence-corrected chi connectivity index (χ3v) is 3.89. The molecule has 0 unspecified atom stereocenters. The molecule has 154 valence electrons. The van der Waals surface area contributed by atoms with Crippen LogP contribution < -0.4 is 10.1 Å². The van der Waals surface area contributed by atoms with Gasteiger partial charge in [-0.25, -0.2) is 9.18 Å². The molecule has 2 aromatic carbocycles. The fourth-order valence-corrected chi connectivity index (χ4v) is 2.49. The Hall–Kier alpha value is -3.24. The van der Waals surface area contributed by atoms with Gasteiger partial charge in [-0.05, 0) is 42.5 Å². The summed E-state index contributed by atoms with van der Waals surface area (Å²) in [7, 11) is 0. The van der Waals surface area contributed by atoms with E-state index in [-0.39, 0.29) is 12.2 Å². The lowest BCUT2D eigenvalue weighted by atomic mass is 10.1. The molecule has 0 bridgehead atoms. The van der Waals surface area contributed by atoms with Gasteiger partial charge in [-0.2, -0.15) is 22.0 Å². The average molecular weight is 419 g/mol. The first-order valence-corrected chi connectivity index (χ1v) is 7.96. The van der Waals surface area contributed by atoms with Gasteiger partial charge >= 0.3 is 18.3 Å². The lowest BCUT2D eigenvalue weighted by Gasteiger charge is -2.23. The SMILES string of the molecule is O=C(Nc1ccc2c(c1)COC2=O)c1ccc(OC(F)(F)[C@H](F)C(F)(F)F)cc1. The monoisotopic (exact) mass is 419 g/mol. The van der Waals surface area contributed by atoms with Crippen molar-refractivity contribution in [3.63, 3.8) is 0 Å². The lowest BCUT2D eigenvalue weighted by Crippen LogP contribution is -2.45. The van der Waals surface area contributed by atoms with Crippen LogP contribution in [0.5, 0.6) is 5.75 Å². The van der Waals surface area contributed by atoms with Gasteiger partial charge in [0.05, 0.1) is 5.56 Å². The maximum Gasteiger partial charge on any atom is 0.439 e. The zero-order valence-electron chi connectivity index (χ0n) is 14.2. The van der Waals surface area contributed by atoms with Gasteiger partial charge < -0.3 is 14.8 Å². The minimum absolute atomic E-state index is 0.0267. The van der Waals surface area contributed by atoms with Gasteiger partial charge in [0.1, 0.15) is 12.4 Å². The number of carbonyl (C=O) groups is 2. The molecule has 1 aliphatic heterocycles. The standard InChI is InChI=1S/C18H11F6NO4/c19-16(17(20,21)22)18(23,24)29-12-4-1-9(2-5-12)14(26)25-11-3-6-13-10(7-11)8-28-15(13)27/h1-7,16H,8H2,(H,25,26)/t16-/m1/s1. The number of carbonyl (C=O) groups excluding carboxylic acids is 2. The van der Waals surface area contributed by atoms with Gasteiger partial charge in [0.25, 0.3) is 12.1 Å². The predicted octanol–water partition coefficient (Wildman–Crippen LogP) is 4.48. The number of ether oxygens (including phenoxy) is 2. The molecule has 0 aliphatic carbocycles. The number of amides is 1. The van der Waals surface area contributed by atoms with Crippen molar-refractivity contribution in [2.75, 3.05) is 5.32 Å². The summed E-state index contributed by atoms with van der Waals surface area (Å²) >= 11 is 0. The Bertz CT molecular complexity index is 942. The van der Waals surface area contributed by atoms with E-state index in [2.05, 4.69) is 10.1 Å². The van der Waals surface area contributed by atoms with Crippen LogP contribution in [0.4, 0.5) is 32.0 Å². The molecule has 1 amide bonds. The average Bonchev–Trinajstić information content (AvgIpc) is 3.01. The highest BCUT2D eigenvalue weighted by molar-refractivity contribution is 6.04. The molecule has 29 heavy (non-hydrogen) atoms. The van der Waals surface area contributed by atoms with E-state index < -0.39 is 36.1 Å². The van der Waals surface area contributed by atoms with Crippen molar-refractivity contribution < 1.29 is 45.4 Å². The highest BCUT2D eigenvalue weighted by atomic mass is 19.4. The summed E-state index contributed by atoms with van der Waals surface area (Å²) < 4.78 is 84.3. The smallest absolute Gasteiger partial charge is 0.439 e. The summed E-state index contributed by atoms with van der Waals surface area (Å²) in [4.78, 5) is 23.6. The molecular weight excluding hydrogens is 408 g/mol. The number of alkyl halides is 6. The molecule has 0 fully saturated rings. The highest BCUT2D eigenvalue weighted by Crippen LogP contribution is 2.36. The van der Waals surface area contributed by atoms with Crippen LogP contribution in [0.25, 0.3) is 0 Å². The Morgan fingerprint density at radius 3 is 2.34 bits per heavy atom. The summed E-state index contributed by atoms with van der Waals surface area (Å²) in [5, 5.41) is 2.51. The third-order valence-electron chi connectivity index (χ3n) is 3.89. The van der Waals surface area contributed by atoms with Gasteiger partial charge in [0, 0.05) is 16.8 Å². The molecule has 0 radical (unpaired) electrons. The number of nitrogens with one attached hydrogen (secondary N) is 1.